The third kappa shape index (κ3) is 5.39. The second kappa shape index (κ2) is 5.57. The van der Waals surface area contributed by atoms with Crippen LogP contribution in [0.4, 0.5) is 0 Å². The molecule has 1 atom stereocenters. The van der Waals surface area contributed by atoms with E-state index in [-0.39, 0.29) is 16.4 Å². The standard InChI is InChI=1S/C11H21NO3S/c1-6-11(5,9(14)15)12-8(13)7-16-10(2,3)4/h6-7H2,1-5H3,(H,12,13)(H,14,15). The number of carbonyl (C=O) groups is 2. The second-order valence-electron chi connectivity index (χ2n) is 4.94. The van der Waals surface area contributed by atoms with Crippen LogP contribution in [0.3, 0.4) is 0 Å². The number of aliphatic carboxylic acids is 1. The molecule has 0 bridgehead atoms. The summed E-state index contributed by atoms with van der Waals surface area (Å²) < 4.78 is 0.00315. The van der Waals surface area contributed by atoms with Gasteiger partial charge in [0.25, 0.3) is 0 Å². The van der Waals surface area contributed by atoms with Crippen LogP contribution in [0.5, 0.6) is 0 Å². The molecule has 1 amide bonds. The first-order chi connectivity index (χ1) is 7.10. The summed E-state index contributed by atoms with van der Waals surface area (Å²) in [6.45, 7) is 9.31. The van der Waals surface area contributed by atoms with Crippen LogP contribution in [-0.4, -0.2) is 33.0 Å². The Labute approximate surface area is 101 Å². The van der Waals surface area contributed by atoms with Gasteiger partial charge in [0.1, 0.15) is 5.54 Å². The number of carbonyl (C=O) groups excluding carboxylic acids is 1. The van der Waals surface area contributed by atoms with Gasteiger partial charge in [0.15, 0.2) is 0 Å². The summed E-state index contributed by atoms with van der Waals surface area (Å²) >= 11 is 1.50. The fourth-order valence-electron chi connectivity index (χ4n) is 0.919. The Balaban J connectivity index is 4.28. The normalized spacial score (nSPS) is 15.3. The zero-order valence-electron chi connectivity index (χ0n) is 10.6. The molecule has 0 aliphatic carbocycles. The van der Waals surface area contributed by atoms with E-state index in [1.807, 2.05) is 20.8 Å². The van der Waals surface area contributed by atoms with Crippen molar-refractivity contribution in [3.05, 3.63) is 0 Å². The predicted octanol–water partition coefficient (Wildman–Crippen LogP) is 1.89. The van der Waals surface area contributed by atoms with E-state index >= 15 is 0 Å². The molecule has 0 aromatic rings. The molecule has 0 aromatic heterocycles. The van der Waals surface area contributed by atoms with E-state index in [2.05, 4.69) is 5.32 Å². The van der Waals surface area contributed by atoms with Crippen LogP contribution in [0.25, 0.3) is 0 Å². The molecule has 0 aromatic carbocycles. The van der Waals surface area contributed by atoms with Gasteiger partial charge in [0.05, 0.1) is 5.75 Å². The average molecular weight is 247 g/mol. The van der Waals surface area contributed by atoms with Gasteiger partial charge < -0.3 is 10.4 Å². The second-order valence-corrected chi connectivity index (χ2v) is 6.74. The molecule has 0 spiro atoms. The number of hydrogen-bond acceptors (Lipinski definition) is 3. The Morgan fingerprint density at radius 3 is 2.06 bits per heavy atom. The maximum absolute atomic E-state index is 11.6. The SMILES string of the molecule is CCC(C)(NC(=O)CSC(C)(C)C)C(=O)O. The number of rotatable bonds is 5. The molecular formula is C11H21NO3S. The zero-order chi connectivity index (χ0) is 13.0. The predicted molar refractivity (Wildman–Crippen MR) is 66.7 cm³/mol. The first-order valence-corrected chi connectivity index (χ1v) is 6.27. The highest BCUT2D eigenvalue weighted by atomic mass is 32.2. The molecular weight excluding hydrogens is 226 g/mol. The molecule has 0 aliphatic rings. The first kappa shape index (κ1) is 15.3. The van der Waals surface area contributed by atoms with Crippen molar-refractivity contribution in [3.63, 3.8) is 0 Å². The topological polar surface area (TPSA) is 66.4 Å². The van der Waals surface area contributed by atoms with Gasteiger partial charge >= 0.3 is 5.97 Å². The van der Waals surface area contributed by atoms with Crippen LogP contribution in [0.1, 0.15) is 41.0 Å². The van der Waals surface area contributed by atoms with Crippen LogP contribution in [0.15, 0.2) is 0 Å². The molecule has 16 heavy (non-hydrogen) atoms. The minimum absolute atomic E-state index is 0.00315. The number of thioether (sulfide) groups is 1. The maximum Gasteiger partial charge on any atom is 0.329 e. The van der Waals surface area contributed by atoms with Crippen molar-refractivity contribution in [2.75, 3.05) is 5.75 Å². The van der Waals surface area contributed by atoms with Crippen molar-refractivity contribution in [1.29, 1.82) is 0 Å². The lowest BCUT2D eigenvalue weighted by atomic mass is 9.99. The van der Waals surface area contributed by atoms with Crippen molar-refractivity contribution in [3.8, 4) is 0 Å². The Morgan fingerprint density at radius 1 is 1.25 bits per heavy atom. The quantitative estimate of drug-likeness (QED) is 0.778. The highest BCUT2D eigenvalue weighted by Gasteiger charge is 2.32. The van der Waals surface area contributed by atoms with Crippen LogP contribution in [0, 0.1) is 0 Å². The minimum atomic E-state index is -1.16. The van der Waals surface area contributed by atoms with Crippen molar-refractivity contribution in [2.24, 2.45) is 0 Å². The smallest absolute Gasteiger partial charge is 0.329 e. The highest BCUT2D eigenvalue weighted by Crippen LogP contribution is 2.22. The minimum Gasteiger partial charge on any atom is -0.480 e. The molecule has 2 N–H and O–H groups in total. The number of hydrogen-bond donors (Lipinski definition) is 2. The Bertz CT molecular complexity index is 273. The summed E-state index contributed by atoms with van der Waals surface area (Å²) in [6, 6.07) is 0. The fourth-order valence-corrected chi connectivity index (χ4v) is 1.56. The van der Waals surface area contributed by atoms with Gasteiger partial charge in [-0.2, -0.15) is 0 Å². The Kier molecular flexibility index (Phi) is 5.32. The van der Waals surface area contributed by atoms with Crippen molar-refractivity contribution >= 4 is 23.6 Å². The summed E-state index contributed by atoms with van der Waals surface area (Å²) in [5.41, 5.74) is -1.16. The number of amides is 1. The molecule has 5 heteroatoms. The average Bonchev–Trinajstić information content (AvgIpc) is 2.13. The molecule has 0 radical (unpaired) electrons. The first-order valence-electron chi connectivity index (χ1n) is 5.29. The number of carboxylic acids is 1. The van der Waals surface area contributed by atoms with Gasteiger partial charge in [-0.3, -0.25) is 4.79 Å². The van der Waals surface area contributed by atoms with E-state index < -0.39 is 11.5 Å². The van der Waals surface area contributed by atoms with Crippen LogP contribution >= 0.6 is 11.8 Å². The summed E-state index contributed by atoms with van der Waals surface area (Å²) in [5, 5.41) is 11.5. The lowest BCUT2D eigenvalue weighted by molar-refractivity contribution is -0.146. The molecule has 0 saturated carbocycles. The van der Waals surface area contributed by atoms with Crippen molar-refractivity contribution in [2.45, 2.75) is 51.3 Å². The Morgan fingerprint density at radius 2 is 1.75 bits per heavy atom. The van der Waals surface area contributed by atoms with Gasteiger partial charge in [0.2, 0.25) is 5.91 Å². The van der Waals surface area contributed by atoms with Crippen molar-refractivity contribution < 1.29 is 14.7 Å². The summed E-state index contributed by atoms with van der Waals surface area (Å²) in [7, 11) is 0. The molecule has 0 rings (SSSR count). The van der Waals surface area contributed by atoms with Crippen molar-refractivity contribution in [1.82, 2.24) is 5.32 Å². The molecule has 0 heterocycles. The zero-order valence-corrected chi connectivity index (χ0v) is 11.4. The summed E-state index contributed by atoms with van der Waals surface area (Å²) in [4.78, 5) is 22.5. The van der Waals surface area contributed by atoms with E-state index in [4.69, 9.17) is 5.11 Å². The molecule has 4 nitrogen and oxygen atoms in total. The molecule has 1 unspecified atom stereocenters. The third-order valence-corrected chi connectivity index (χ3v) is 3.50. The molecule has 0 saturated heterocycles. The fraction of sp³-hybridized carbons (Fsp3) is 0.818. The Hall–Kier alpha value is -0.710. The van der Waals surface area contributed by atoms with E-state index in [1.165, 1.54) is 18.7 Å². The van der Waals surface area contributed by atoms with Crippen LogP contribution < -0.4 is 5.32 Å². The number of nitrogens with one attached hydrogen (secondary N) is 1. The van der Waals surface area contributed by atoms with Gasteiger partial charge in [-0.05, 0) is 13.3 Å². The molecule has 0 aliphatic heterocycles. The maximum atomic E-state index is 11.6. The van der Waals surface area contributed by atoms with E-state index in [0.717, 1.165) is 0 Å². The highest BCUT2D eigenvalue weighted by molar-refractivity contribution is 8.01. The van der Waals surface area contributed by atoms with Gasteiger partial charge in [-0.25, -0.2) is 4.79 Å². The van der Waals surface area contributed by atoms with E-state index in [1.54, 1.807) is 6.92 Å². The largest absolute Gasteiger partial charge is 0.480 e. The van der Waals surface area contributed by atoms with E-state index in [9.17, 15) is 9.59 Å². The van der Waals surface area contributed by atoms with Crippen LogP contribution in [0.2, 0.25) is 0 Å². The summed E-state index contributed by atoms with van der Waals surface area (Å²) in [6.07, 6.45) is 0.369. The van der Waals surface area contributed by atoms with Crippen LogP contribution in [-0.2, 0) is 9.59 Å². The lowest BCUT2D eigenvalue weighted by Crippen LogP contribution is -2.52. The van der Waals surface area contributed by atoms with E-state index in [0.29, 0.717) is 6.42 Å². The summed E-state index contributed by atoms with van der Waals surface area (Å²) in [5.74, 6) is -0.942. The van der Waals surface area contributed by atoms with Gasteiger partial charge in [-0.15, -0.1) is 11.8 Å². The molecule has 0 fully saturated rings. The number of carboxylic acid groups (broad SMARTS) is 1. The molecule has 94 valence electrons. The lowest BCUT2D eigenvalue weighted by Gasteiger charge is -2.25. The monoisotopic (exact) mass is 247 g/mol. The van der Waals surface area contributed by atoms with Gasteiger partial charge in [0, 0.05) is 4.75 Å². The van der Waals surface area contributed by atoms with Gasteiger partial charge in [-0.1, -0.05) is 27.7 Å². The third-order valence-electron chi connectivity index (χ3n) is 2.23.